The molecule has 0 saturated heterocycles. The molecule has 21 heavy (non-hydrogen) atoms. The standard InChI is InChI=1S/C18H20ClNO/c1-3-20-18(13-9-8-12(2)16(19)10-13)15-11-21-17-7-5-4-6-14(15)17/h4-10,15,18,20H,3,11H2,1-2H3. The molecule has 2 atom stereocenters. The fourth-order valence-electron chi connectivity index (χ4n) is 2.98. The fourth-order valence-corrected chi connectivity index (χ4v) is 3.17. The third kappa shape index (κ3) is 2.78. The quantitative estimate of drug-likeness (QED) is 0.899. The molecule has 0 spiro atoms. The number of hydrogen-bond donors (Lipinski definition) is 1. The van der Waals surface area contributed by atoms with Crippen molar-refractivity contribution in [2.24, 2.45) is 0 Å². The number of likely N-dealkylation sites (N-methyl/N-ethyl adjacent to an activating group) is 1. The zero-order valence-electron chi connectivity index (χ0n) is 12.4. The molecule has 0 bridgehead atoms. The Balaban J connectivity index is 1.97. The van der Waals surface area contributed by atoms with Crippen LogP contribution in [-0.2, 0) is 0 Å². The highest BCUT2D eigenvalue weighted by Gasteiger charge is 2.31. The lowest BCUT2D eigenvalue weighted by Crippen LogP contribution is -2.28. The average Bonchev–Trinajstić information content (AvgIpc) is 2.92. The molecule has 2 aromatic carbocycles. The molecule has 1 N–H and O–H groups in total. The van der Waals surface area contributed by atoms with Crippen LogP contribution in [0.15, 0.2) is 42.5 Å². The maximum atomic E-state index is 6.31. The zero-order valence-corrected chi connectivity index (χ0v) is 13.2. The van der Waals surface area contributed by atoms with Crippen molar-refractivity contribution in [2.75, 3.05) is 13.2 Å². The minimum Gasteiger partial charge on any atom is -0.493 e. The Morgan fingerprint density at radius 1 is 1.29 bits per heavy atom. The summed E-state index contributed by atoms with van der Waals surface area (Å²) in [6, 6.07) is 14.8. The van der Waals surface area contributed by atoms with Crippen LogP contribution in [0.4, 0.5) is 0 Å². The minimum atomic E-state index is 0.219. The fraction of sp³-hybridized carbons (Fsp3) is 0.333. The average molecular weight is 302 g/mol. The largest absolute Gasteiger partial charge is 0.493 e. The molecule has 0 aromatic heterocycles. The molecule has 0 radical (unpaired) electrons. The first kappa shape index (κ1) is 14.4. The van der Waals surface area contributed by atoms with Crippen molar-refractivity contribution < 1.29 is 4.74 Å². The summed E-state index contributed by atoms with van der Waals surface area (Å²) < 4.78 is 5.84. The van der Waals surface area contributed by atoms with E-state index in [4.69, 9.17) is 16.3 Å². The molecular formula is C18H20ClNO. The molecule has 2 aromatic rings. The van der Waals surface area contributed by atoms with Crippen LogP contribution in [0.3, 0.4) is 0 Å². The van der Waals surface area contributed by atoms with Crippen molar-refractivity contribution in [1.29, 1.82) is 0 Å². The van der Waals surface area contributed by atoms with Gasteiger partial charge < -0.3 is 10.1 Å². The lowest BCUT2D eigenvalue weighted by molar-refractivity contribution is 0.301. The van der Waals surface area contributed by atoms with Gasteiger partial charge in [-0.15, -0.1) is 0 Å². The Hall–Kier alpha value is -1.51. The smallest absolute Gasteiger partial charge is 0.122 e. The normalized spacial score (nSPS) is 18.1. The van der Waals surface area contributed by atoms with Gasteiger partial charge in [0, 0.05) is 22.5 Å². The molecule has 3 rings (SSSR count). The van der Waals surface area contributed by atoms with E-state index in [2.05, 4.69) is 42.6 Å². The first-order valence-corrected chi connectivity index (χ1v) is 7.79. The van der Waals surface area contributed by atoms with Crippen LogP contribution in [0.5, 0.6) is 5.75 Å². The molecule has 0 aliphatic carbocycles. The zero-order chi connectivity index (χ0) is 14.8. The van der Waals surface area contributed by atoms with E-state index < -0.39 is 0 Å². The van der Waals surface area contributed by atoms with Gasteiger partial charge in [-0.1, -0.05) is 48.9 Å². The number of hydrogen-bond acceptors (Lipinski definition) is 2. The molecule has 2 nitrogen and oxygen atoms in total. The number of para-hydroxylation sites is 1. The molecule has 1 aliphatic heterocycles. The third-order valence-corrected chi connectivity index (χ3v) is 4.53. The number of nitrogens with one attached hydrogen (secondary N) is 1. The number of benzene rings is 2. The van der Waals surface area contributed by atoms with Crippen LogP contribution in [0.2, 0.25) is 5.02 Å². The monoisotopic (exact) mass is 301 g/mol. The van der Waals surface area contributed by atoms with Gasteiger partial charge in [0.15, 0.2) is 0 Å². The number of rotatable bonds is 4. The van der Waals surface area contributed by atoms with E-state index in [-0.39, 0.29) is 6.04 Å². The number of ether oxygens (including phenoxy) is 1. The number of halogens is 1. The van der Waals surface area contributed by atoms with Gasteiger partial charge in [-0.2, -0.15) is 0 Å². The highest BCUT2D eigenvalue weighted by molar-refractivity contribution is 6.31. The SMILES string of the molecule is CCNC(c1ccc(C)c(Cl)c1)C1COc2ccccc21. The predicted molar refractivity (Wildman–Crippen MR) is 87.3 cm³/mol. The molecule has 1 heterocycles. The Kier molecular flexibility index (Phi) is 4.18. The van der Waals surface area contributed by atoms with E-state index in [1.807, 2.05) is 19.1 Å². The third-order valence-electron chi connectivity index (χ3n) is 4.12. The highest BCUT2D eigenvalue weighted by Crippen LogP contribution is 2.41. The van der Waals surface area contributed by atoms with E-state index in [0.29, 0.717) is 12.5 Å². The second kappa shape index (κ2) is 6.08. The Labute approximate surface area is 131 Å². The van der Waals surface area contributed by atoms with Crippen LogP contribution in [-0.4, -0.2) is 13.2 Å². The maximum Gasteiger partial charge on any atom is 0.122 e. The Morgan fingerprint density at radius 3 is 2.86 bits per heavy atom. The van der Waals surface area contributed by atoms with Gasteiger partial charge in [-0.05, 0) is 36.7 Å². The summed E-state index contributed by atoms with van der Waals surface area (Å²) in [4.78, 5) is 0. The molecule has 2 unspecified atom stereocenters. The van der Waals surface area contributed by atoms with E-state index in [9.17, 15) is 0 Å². The van der Waals surface area contributed by atoms with Gasteiger partial charge >= 0.3 is 0 Å². The topological polar surface area (TPSA) is 21.3 Å². The molecule has 0 amide bonds. The van der Waals surface area contributed by atoms with Gasteiger partial charge in [0.25, 0.3) is 0 Å². The van der Waals surface area contributed by atoms with E-state index in [1.54, 1.807) is 0 Å². The van der Waals surface area contributed by atoms with Crippen LogP contribution >= 0.6 is 11.6 Å². The van der Waals surface area contributed by atoms with Crippen LogP contribution in [0.1, 0.15) is 35.6 Å². The van der Waals surface area contributed by atoms with Crippen LogP contribution < -0.4 is 10.1 Å². The number of fused-ring (bicyclic) bond motifs is 1. The van der Waals surface area contributed by atoms with Crippen molar-refractivity contribution in [3.8, 4) is 5.75 Å². The molecular weight excluding hydrogens is 282 g/mol. The molecule has 110 valence electrons. The van der Waals surface area contributed by atoms with Crippen molar-refractivity contribution in [3.05, 3.63) is 64.2 Å². The highest BCUT2D eigenvalue weighted by atomic mass is 35.5. The van der Waals surface area contributed by atoms with Crippen molar-refractivity contribution in [1.82, 2.24) is 5.32 Å². The second-order valence-electron chi connectivity index (χ2n) is 5.50. The second-order valence-corrected chi connectivity index (χ2v) is 5.91. The lowest BCUT2D eigenvalue weighted by atomic mass is 9.88. The Bertz CT molecular complexity index is 641. The van der Waals surface area contributed by atoms with Crippen LogP contribution in [0.25, 0.3) is 0 Å². The summed E-state index contributed by atoms with van der Waals surface area (Å²) >= 11 is 6.31. The molecule has 0 saturated carbocycles. The Morgan fingerprint density at radius 2 is 2.10 bits per heavy atom. The molecule has 1 aliphatic rings. The summed E-state index contributed by atoms with van der Waals surface area (Å²) in [7, 11) is 0. The van der Waals surface area contributed by atoms with Crippen LogP contribution in [0, 0.1) is 6.92 Å². The van der Waals surface area contributed by atoms with Crippen molar-refractivity contribution >= 4 is 11.6 Å². The van der Waals surface area contributed by atoms with Crippen molar-refractivity contribution in [3.63, 3.8) is 0 Å². The van der Waals surface area contributed by atoms with Crippen molar-refractivity contribution in [2.45, 2.75) is 25.8 Å². The summed E-state index contributed by atoms with van der Waals surface area (Å²) in [5, 5.41) is 4.41. The molecule has 0 fully saturated rings. The predicted octanol–water partition coefficient (Wildman–Crippen LogP) is 4.48. The van der Waals surface area contributed by atoms with Gasteiger partial charge in [0.05, 0.1) is 6.61 Å². The number of aryl methyl sites for hydroxylation is 1. The summed E-state index contributed by atoms with van der Waals surface area (Å²) in [5.41, 5.74) is 3.61. The van der Waals surface area contributed by atoms with Gasteiger partial charge in [0.2, 0.25) is 0 Å². The van der Waals surface area contributed by atoms with Gasteiger partial charge in [-0.25, -0.2) is 0 Å². The summed E-state index contributed by atoms with van der Waals surface area (Å²) in [6.45, 7) is 5.78. The van der Waals surface area contributed by atoms with E-state index in [1.165, 1.54) is 11.1 Å². The van der Waals surface area contributed by atoms with E-state index in [0.717, 1.165) is 22.9 Å². The van der Waals surface area contributed by atoms with E-state index >= 15 is 0 Å². The maximum absolute atomic E-state index is 6.31. The summed E-state index contributed by atoms with van der Waals surface area (Å²) in [6.07, 6.45) is 0. The van der Waals surface area contributed by atoms with Gasteiger partial charge in [-0.3, -0.25) is 0 Å². The lowest BCUT2D eigenvalue weighted by Gasteiger charge is -2.24. The van der Waals surface area contributed by atoms with Gasteiger partial charge in [0.1, 0.15) is 5.75 Å². The molecule has 3 heteroatoms. The first-order valence-electron chi connectivity index (χ1n) is 7.42. The first-order chi connectivity index (χ1) is 10.2. The summed E-state index contributed by atoms with van der Waals surface area (Å²) in [5.74, 6) is 1.32. The minimum absolute atomic E-state index is 0.219.